The van der Waals surface area contributed by atoms with E-state index in [1.807, 2.05) is 0 Å². The second-order valence-electron chi connectivity index (χ2n) is 4.87. The molecule has 0 saturated heterocycles. The smallest absolute Gasteiger partial charge is 0.455 e. The molecule has 3 aromatic heterocycles. The molecule has 0 aliphatic carbocycles. The Morgan fingerprint density at radius 2 is 2.12 bits per heavy atom. The van der Waals surface area contributed by atoms with E-state index in [1.54, 1.807) is 12.1 Å². The molecule has 0 N–H and O–H groups in total. The molecule has 9 nitrogen and oxygen atoms in total. The van der Waals surface area contributed by atoms with Crippen LogP contribution in [0.1, 0.15) is 22.0 Å². The van der Waals surface area contributed by atoms with Crippen molar-refractivity contribution in [3.8, 4) is 5.82 Å². The van der Waals surface area contributed by atoms with Crippen molar-refractivity contribution in [1.82, 2.24) is 35.0 Å². The summed E-state index contributed by atoms with van der Waals surface area (Å²) in [6.45, 7) is -0.259. The molecule has 13 heteroatoms. The first-order chi connectivity index (χ1) is 12.3. The van der Waals surface area contributed by atoms with Gasteiger partial charge in [-0.1, -0.05) is 11.6 Å². The van der Waals surface area contributed by atoms with Crippen LogP contribution in [0.25, 0.3) is 5.82 Å². The first kappa shape index (κ1) is 17.8. The standard InChI is InChI=1S/C13H9ClF3N7O2/c1-26-11(25)9-5-7(6-23-21-12(19-22-23)13(15,16)17)20-24(9)10-8(14)3-2-4-18-10/h2-5H,6H2,1H3. The van der Waals surface area contributed by atoms with Crippen LogP contribution in [0, 0.1) is 0 Å². The van der Waals surface area contributed by atoms with Gasteiger partial charge in [-0.05, 0) is 23.4 Å². The highest BCUT2D eigenvalue weighted by Gasteiger charge is 2.36. The van der Waals surface area contributed by atoms with Crippen LogP contribution >= 0.6 is 11.6 Å². The number of tetrazole rings is 1. The summed E-state index contributed by atoms with van der Waals surface area (Å²) in [4.78, 5) is 16.7. The van der Waals surface area contributed by atoms with E-state index in [4.69, 9.17) is 11.6 Å². The molecule has 3 heterocycles. The van der Waals surface area contributed by atoms with Crippen LogP contribution < -0.4 is 0 Å². The van der Waals surface area contributed by atoms with Crippen molar-refractivity contribution in [1.29, 1.82) is 0 Å². The average Bonchev–Trinajstić information content (AvgIpc) is 3.22. The lowest BCUT2D eigenvalue weighted by Crippen LogP contribution is -2.12. The van der Waals surface area contributed by atoms with E-state index < -0.39 is 18.0 Å². The molecule has 3 rings (SSSR count). The number of hydrogen-bond acceptors (Lipinski definition) is 7. The summed E-state index contributed by atoms with van der Waals surface area (Å²) in [6, 6.07) is 4.44. The minimum Gasteiger partial charge on any atom is -0.464 e. The maximum atomic E-state index is 12.5. The SMILES string of the molecule is COC(=O)c1cc(Cn2nnc(C(F)(F)F)n2)nn1-c1ncccc1Cl. The van der Waals surface area contributed by atoms with E-state index in [2.05, 4.69) is 30.2 Å². The molecule has 136 valence electrons. The fraction of sp³-hybridized carbons (Fsp3) is 0.231. The molecule has 0 spiro atoms. The molecule has 0 fully saturated rings. The zero-order valence-electron chi connectivity index (χ0n) is 13.0. The second kappa shape index (κ2) is 6.71. The average molecular weight is 388 g/mol. The van der Waals surface area contributed by atoms with Gasteiger partial charge in [0.2, 0.25) is 0 Å². The van der Waals surface area contributed by atoms with Crippen LogP contribution in [-0.4, -0.2) is 48.1 Å². The van der Waals surface area contributed by atoms with Crippen LogP contribution in [-0.2, 0) is 17.5 Å². The highest BCUT2D eigenvalue weighted by Crippen LogP contribution is 2.25. The van der Waals surface area contributed by atoms with E-state index in [0.717, 1.165) is 4.68 Å². The molecule has 0 radical (unpaired) electrons. The predicted octanol–water partition coefficient (Wildman–Crippen LogP) is 1.76. The fourth-order valence-electron chi connectivity index (χ4n) is 2.02. The van der Waals surface area contributed by atoms with Crippen LogP contribution in [0.3, 0.4) is 0 Å². The normalized spacial score (nSPS) is 11.6. The van der Waals surface area contributed by atoms with Gasteiger partial charge in [-0.15, -0.1) is 10.2 Å². The summed E-state index contributed by atoms with van der Waals surface area (Å²) in [5.41, 5.74) is 0.164. The van der Waals surface area contributed by atoms with Gasteiger partial charge < -0.3 is 4.74 Å². The third-order valence-electron chi connectivity index (χ3n) is 3.10. The lowest BCUT2D eigenvalue weighted by Gasteiger charge is -2.06. The maximum absolute atomic E-state index is 12.5. The largest absolute Gasteiger partial charge is 0.464 e. The predicted molar refractivity (Wildman–Crippen MR) is 79.6 cm³/mol. The molecule has 0 unspecified atom stereocenters. The second-order valence-corrected chi connectivity index (χ2v) is 5.28. The number of aromatic nitrogens is 7. The first-order valence-corrected chi connectivity index (χ1v) is 7.30. The number of carbonyl (C=O) groups excluding carboxylic acids is 1. The number of rotatable bonds is 4. The Morgan fingerprint density at radius 3 is 2.73 bits per heavy atom. The maximum Gasteiger partial charge on any atom is 0.455 e. The lowest BCUT2D eigenvalue weighted by molar-refractivity contribution is -0.145. The van der Waals surface area contributed by atoms with E-state index in [0.29, 0.717) is 4.80 Å². The molecule has 0 aliphatic heterocycles. The minimum absolute atomic E-state index is 0.0146. The highest BCUT2D eigenvalue weighted by molar-refractivity contribution is 6.32. The number of pyridine rings is 1. The summed E-state index contributed by atoms with van der Waals surface area (Å²) >= 11 is 6.06. The summed E-state index contributed by atoms with van der Waals surface area (Å²) < 4.78 is 43.4. The van der Waals surface area contributed by atoms with Crippen molar-refractivity contribution >= 4 is 17.6 Å². The zero-order chi connectivity index (χ0) is 18.9. The Kier molecular flexibility index (Phi) is 4.59. The Hall–Kier alpha value is -3.02. The molecule has 0 saturated carbocycles. The third-order valence-corrected chi connectivity index (χ3v) is 3.40. The van der Waals surface area contributed by atoms with Gasteiger partial charge in [-0.3, -0.25) is 0 Å². The summed E-state index contributed by atoms with van der Waals surface area (Å²) in [7, 11) is 1.17. The number of methoxy groups -OCH3 is 1. The van der Waals surface area contributed by atoms with E-state index in [9.17, 15) is 18.0 Å². The highest BCUT2D eigenvalue weighted by atomic mass is 35.5. The molecular formula is C13H9ClF3N7O2. The van der Waals surface area contributed by atoms with Gasteiger partial charge in [-0.2, -0.15) is 23.1 Å². The molecule has 0 aromatic carbocycles. The van der Waals surface area contributed by atoms with Gasteiger partial charge in [0, 0.05) is 6.20 Å². The minimum atomic E-state index is -4.71. The van der Waals surface area contributed by atoms with Gasteiger partial charge >= 0.3 is 12.1 Å². The van der Waals surface area contributed by atoms with Crippen molar-refractivity contribution in [2.45, 2.75) is 12.7 Å². The number of alkyl halides is 3. The van der Waals surface area contributed by atoms with Gasteiger partial charge in [-0.25, -0.2) is 14.5 Å². The van der Waals surface area contributed by atoms with Gasteiger partial charge in [0.05, 0.1) is 17.8 Å². The molecule has 26 heavy (non-hydrogen) atoms. The van der Waals surface area contributed by atoms with Gasteiger partial charge in [0.1, 0.15) is 6.54 Å². The van der Waals surface area contributed by atoms with Crippen LogP contribution in [0.2, 0.25) is 5.02 Å². The van der Waals surface area contributed by atoms with Crippen LogP contribution in [0.4, 0.5) is 13.2 Å². The number of hydrogen-bond donors (Lipinski definition) is 0. The molecule has 0 atom stereocenters. The van der Waals surface area contributed by atoms with Crippen LogP contribution in [0.15, 0.2) is 24.4 Å². The van der Waals surface area contributed by atoms with Crippen molar-refractivity contribution in [2.24, 2.45) is 0 Å². The molecular weight excluding hydrogens is 379 g/mol. The Balaban J connectivity index is 1.98. The summed E-state index contributed by atoms with van der Waals surface area (Å²) in [5.74, 6) is -1.95. The van der Waals surface area contributed by atoms with E-state index in [1.165, 1.54) is 19.4 Å². The van der Waals surface area contributed by atoms with Crippen molar-refractivity contribution in [2.75, 3.05) is 7.11 Å². The topological polar surface area (TPSA) is 101 Å². The van der Waals surface area contributed by atoms with Crippen molar-refractivity contribution < 1.29 is 22.7 Å². The molecule has 0 amide bonds. The zero-order valence-corrected chi connectivity index (χ0v) is 13.7. The third kappa shape index (κ3) is 3.49. The van der Waals surface area contributed by atoms with E-state index in [-0.39, 0.29) is 28.8 Å². The molecule has 0 bridgehead atoms. The number of nitrogens with zero attached hydrogens (tertiary/aromatic N) is 7. The number of halogens is 4. The van der Waals surface area contributed by atoms with Crippen molar-refractivity contribution in [3.05, 3.63) is 46.6 Å². The Bertz CT molecular complexity index is 953. The first-order valence-electron chi connectivity index (χ1n) is 6.92. The fourth-order valence-corrected chi connectivity index (χ4v) is 2.22. The summed E-state index contributed by atoms with van der Waals surface area (Å²) in [5, 5.41) is 13.8. The lowest BCUT2D eigenvalue weighted by atomic mass is 10.3. The quantitative estimate of drug-likeness (QED) is 0.629. The number of esters is 1. The number of ether oxygens (including phenoxy) is 1. The summed E-state index contributed by atoms with van der Waals surface area (Å²) in [6.07, 6.45) is -3.27. The molecule has 3 aromatic rings. The van der Waals surface area contributed by atoms with Crippen LogP contribution in [0.5, 0.6) is 0 Å². The van der Waals surface area contributed by atoms with Crippen molar-refractivity contribution in [3.63, 3.8) is 0 Å². The van der Waals surface area contributed by atoms with Gasteiger partial charge in [0.15, 0.2) is 11.5 Å². The monoisotopic (exact) mass is 387 g/mol. The Morgan fingerprint density at radius 1 is 1.35 bits per heavy atom. The van der Waals surface area contributed by atoms with Gasteiger partial charge in [0.25, 0.3) is 5.82 Å². The number of carbonyl (C=O) groups is 1. The molecule has 0 aliphatic rings. The van der Waals surface area contributed by atoms with E-state index >= 15 is 0 Å². The Labute approximate surface area is 148 Å².